The number of rotatable bonds is 6. The quantitative estimate of drug-likeness (QED) is 0.870. The van der Waals surface area contributed by atoms with Gasteiger partial charge in [-0.1, -0.05) is 19.1 Å². The third kappa shape index (κ3) is 3.67. The van der Waals surface area contributed by atoms with Gasteiger partial charge in [0, 0.05) is 26.2 Å². The minimum absolute atomic E-state index is 0.366. The van der Waals surface area contributed by atoms with E-state index < -0.39 is 5.97 Å². The van der Waals surface area contributed by atoms with E-state index in [4.69, 9.17) is 4.74 Å². The van der Waals surface area contributed by atoms with Gasteiger partial charge in [-0.2, -0.15) is 0 Å². The van der Waals surface area contributed by atoms with Gasteiger partial charge < -0.3 is 14.7 Å². The molecule has 5 heteroatoms. The summed E-state index contributed by atoms with van der Waals surface area (Å²) in [5.74, 6) is 0.180. The van der Waals surface area contributed by atoms with E-state index in [1.54, 1.807) is 0 Å². The van der Waals surface area contributed by atoms with Crippen molar-refractivity contribution in [3.05, 3.63) is 24.3 Å². The van der Waals surface area contributed by atoms with Crippen molar-refractivity contribution in [3.8, 4) is 5.75 Å². The predicted octanol–water partition coefficient (Wildman–Crippen LogP) is 2.07. The Hall–Kier alpha value is -1.75. The van der Waals surface area contributed by atoms with Crippen LogP contribution in [0.15, 0.2) is 24.3 Å². The molecule has 1 aromatic rings. The highest BCUT2D eigenvalue weighted by Gasteiger charge is 2.28. The van der Waals surface area contributed by atoms with E-state index in [2.05, 4.69) is 15.9 Å². The minimum Gasteiger partial charge on any atom is -0.492 e. The lowest BCUT2D eigenvalue weighted by Gasteiger charge is -2.39. The van der Waals surface area contributed by atoms with Crippen molar-refractivity contribution in [2.75, 3.05) is 37.7 Å². The van der Waals surface area contributed by atoms with Crippen molar-refractivity contribution in [2.24, 2.45) is 0 Å². The van der Waals surface area contributed by atoms with E-state index in [-0.39, 0.29) is 6.04 Å². The molecule has 0 bridgehead atoms. The SMILES string of the molecule is CCOc1ccccc1N1CCN(C(CC)C(=O)O)CC1. The first kappa shape index (κ1) is 15.6. The van der Waals surface area contributed by atoms with E-state index >= 15 is 0 Å². The number of carboxylic acids is 1. The lowest BCUT2D eigenvalue weighted by atomic mass is 10.1. The van der Waals surface area contributed by atoms with Crippen LogP contribution >= 0.6 is 0 Å². The van der Waals surface area contributed by atoms with E-state index in [1.165, 1.54) is 0 Å². The first-order chi connectivity index (χ1) is 10.2. The summed E-state index contributed by atoms with van der Waals surface area (Å²) >= 11 is 0. The molecule has 0 amide bonds. The first-order valence-electron chi connectivity index (χ1n) is 7.61. The number of nitrogens with zero attached hydrogens (tertiary/aromatic N) is 2. The molecule has 0 radical (unpaired) electrons. The Morgan fingerprint density at radius 1 is 1.24 bits per heavy atom. The monoisotopic (exact) mass is 292 g/mol. The second-order valence-electron chi connectivity index (χ2n) is 5.19. The highest BCUT2D eigenvalue weighted by Crippen LogP contribution is 2.29. The van der Waals surface area contributed by atoms with Crippen molar-refractivity contribution < 1.29 is 14.6 Å². The van der Waals surface area contributed by atoms with Crippen molar-refractivity contribution in [2.45, 2.75) is 26.3 Å². The Bertz CT molecular complexity index is 470. The Morgan fingerprint density at radius 3 is 2.48 bits per heavy atom. The molecule has 1 atom stereocenters. The lowest BCUT2D eigenvalue weighted by Crippen LogP contribution is -2.52. The standard InChI is InChI=1S/C16H24N2O3/c1-3-13(16(19)20)17-9-11-18(12-10-17)14-7-5-6-8-15(14)21-4-2/h5-8,13H,3-4,9-12H2,1-2H3,(H,19,20). The van der Waals surface area contributed by atoms with Crippen LogP contribution in [0.5, 0.6) is 5.75 Å². The zero-order valence-corrected chi connectivity index (χ0v) is 12.8. The van der Waals surface area contributed by atoms with E-state index in [9.17, 15) is 9.90 Å². The van der Waals surface area contributed by atoms with E-state index in [1.807, 2.05) is 32.0 Å². The third-order valence-electron chi connectivity index (χ3n) is 3.93. The molecule has 1 aromatic carbocycles. The molecule has 1 saturated heterocycles. The van der Waals surface area contributed by atoms with Crippen LogP contribution in [-0.2, 0) is 4.79 Å². The molecule has 2 rings (SSSR count). The van der Waals surface area contributed by atoms with Crippen LogP contribution < -0.4 is 9.64 Å². The van der Waals surface area contributed by atoms with Gasteiger partial charge in [0.1, 0.15) is 11.8 Å². The number of anilines is 1. The van der Waals surface area contributed by atoms with E-state index in [0.717, 1.165) is 37.6 Å². The van der Waals surface area contributed by atoms with Gasteiger partial charge in [0.25, 0.3) is 0 Å². The summed E-state index contributed by atoms with van der Waals surface area (Å²) in [4.78, 5) is 15.6. The molecule has 5 nitrogen and oxygen atoms in total. The zero-order chi connectivity index (χ0) is 15.2. The summed E-state index contributed by atoms with van der Waals surface area (Å²) in [7, 11) is 0. The molecule has 1 unspecified atom stereocenters. The van der Waals surface area contributed by atoms with Gasteiger partial charge in [-0.3, -0.25) is 9.69 Å². The first-order valence-corrected chi connectivity index (χ1v) is 7.61. The zero-order valence-electron chi connectivity index (χ0n) is 12.8. The van der Waals surface area contributed by atoms with Crippen molar-refractivity contribution >= 4 is 11.7 Å². The Morgan fingerprint density at radius 2 is 1.90 bits per heavy atom. The molecule has 0 aromatic heterocycles. The summed E-state index contributed by atoms with van der Waals surface area (Å²) in [6.07, 6.45) is 0.644. The number of carboxylic acid groups (broad SMARTS) is 1. The molecule has 1 fully saturated rings. The largest absolute Gasteiger partial charge is 0.492 e. The van der Waals surface area contributed by atoms with Crippen LogP contribution in [0.1, 0.15) is 20.3 Å². The lowest BCUT2D eigenvalue weighted by molar-refractivity contribution is -0.143. The molecule has 0 saturated carbocycles. The molecule has 1 heterocycles. The molecule has 1 aliphatic heterocycles. The smallest absolute Gasteiger partial charge is 0.320 e. The molecule has 0 aliphatic carbocycles. The molecular formula is C16H24N2O3. The van der Waals surface area contributed by atoms with Crippen LogP contribution in [0.2, 0.25) is 0 Å². The number of piperazine rings is 1. The molecule has 21 heavy (non-hydrogen) atoms. The Labute approximate surface area is 126 Å². The van der Waals surface area contributed by atoms with Crippen LogP contribution in [0.4, 0.5) is 5.69 Å². The fourth-order valence-corrected chi connectivity index (χ4v) is 2.86. The maximum atomic E-state index is 11.2. The molecular weight excluding hydrogens is 268 g/mol. The normalized spacial score (nSPS) is 17.5. The summed E-state index contributed by atoms with van der Waals surface area (Å²) < 4.78 is 5.67. The van der Waals surface area contributed by atoms with E-state index in [0.29, 0.717) is 13.0 Å². The maximum Gasteiger partial charge on any atom is 0.320 e. The number of para-hydroxylation sites is 2. The van der Waals surface area contributed by atoms with Gasteiger partial charge in [-0.05, 0) is 25.5 Å². The van der Waals surface area contributed by atoms with Gasteiger partial charge >= 0.3 is 5.97 Å². The second-order valence-corrected chi connectivity index (χ2v) is 5.19. The number of hydrogen-bond acceptors (Lipinski definition) is 4. The number of ether oxygens (including phenoxy) is 1. The molecule has 1 N–H and O–H groups in total. The number of carbonyl (C=O) groups is 1. The van der Waals surface area contributed by atoms with Gasteiger partial charge in [-0.25, -0.2) is 0 Å². The Balaban J connectivity index is 2.02. The summed E-state index contributed by atoms with van der Waals surface area (Å²) in [5.41, 5.74) is 1.10. The number of aliphatic carboxylic acids is 1. The average Bonchev–Trinajstić information content (AvgIpc) is 2.49. The molecule has 1 aliphatic rings. The van der Waals surface area contributed by atoms with Crippen LogP contribution in [-0.4, -0.2) is 54.8 Å². The van der Waals surface area contributed by atoms with Gasteiger partial charge in [0.05, 0.1) is 12.3 Å². The summed E-state index contributed by atoms with van der Waals surface area (Å²) in [6.45, 7) is 7.75. The highest BCUT2D eigenvalue weighted by atomic mass is 16.5. The topological polar surface area (TPSA) is 53.0 Å². The summed E-state index contributed by atoms with van der Waals surface area (Å²) in [5, 5.41) is 9.25. The highest BCUT2D eigenvalue weighted by molar-refractivity contribution is 5.73. The second kappa shape index (κ2) is 7.31. The van der Waals surface area contributed by atoms with Gasteiger partial charge in [0.15, 0.2) is 0 Å². The van der Waals surface area contributed by atoms with Crippen molar-refractivity contribution in [1.29, 1.82) is 0 Å². The summed E-state index contributed by atoms with van der Waals surface area (Å²) in [6, 6.07) is 7.67. The molecule has 116 valence electrons. The van der Waals surface area contributed by atoms with Crippen molar-refractivity contribution in [3.63, 3.8) is 0 Å². The fraction of sp³-hybridized carbons (Fsp3) is 0.562. The predicted molar refractivity (Wildman–Crippen MR) is 83.1 cm³/mol. The minimum atomic E-state index is -0.722. The number of hydrogen-bond donors (Lipinski definition) is 1. The van der Waals surface area contributed by atoms with Crippen LogP contribution in [0, 0.1) is 0 Å². The molecule has 0 spiro atoms. The maximum absolute atomic E-state index is 11.2. The van der Waals surface area contributed by atoms with Crippen LogP contribution in [0.3, 0.4) is 0 Å². The van der Waals surface area contributed by atoms with Gasteiger partial charge in [-0.15, -0.1) is 0 Å². The fourth-order valence-electron chi connectivity index (χ4n) is 2.86. The third-order valence-corrected chi connectivity index (χ3v) is 3.93. The van der Waals surface area contributed by atoms with Crippen LogP contribution in [0.25, 0.3) is 0 Å². The average molecular weight is 292 g/mol. The van der Waals surface area contributed by atoms with Crippen molar-refractivity contribution in [1.82, 2.24) is 4.90 Å². The number of benzene rings is 1. The Kier molecular flexibility index (Phi) is 5.44. The van der Waals surface area contributed by atoms with Gasteiger partial charge in [0.2, 0.25) is 0 Å².